The molecule has 0 aliphatic rings. The second-order valence-corrected chi connectivity index (χ2v) is 6.23. The lowest BCUT2D eigenvalue weighted by molar-refractivity contribution is 0.0109. The van der Waals surface area contributed by atoms with E-state index in [1.807, 2.05) is 0 Å². The average molecular weight is 288 g/mol. The largest absolute Gasteiger partial charge is 0.819 e. The van der Waals surface area contributed by atoms with Crippen LogP contribution in [0.5, 0.6) is 0 Å². The van der Waals surface area contributed by atoms with Crippen LogP contribution in [-0.2, 0) is 17.7 Å². The Kier molecular flexibility index (Phi) is 11.8. The SMILES string of the molecule is C=CO[Si](OC=C)(OCCCCC)OCCCCC. The van der Waals surface area contributed by atoms with Gasteiger partial charge in [-0.3, -0.25) is 0 Å². The van der Waals surface area contributed by atoms with Crippen molar-refractivity contribution in [1.82, 2.24) is 0 Å². The van der Waals surface area contributed by atoms with Crippen LogP contribution in [0.25, 0.3) is 0 Å². The summed E-state index contributed by atoms with van der Waals surface area (Å²) < 4.78 is 22.2. The predicted molar refractivity (Wildman–Crippen MR) is 79.3 cm³/mol. The van der Waals surface area contributed by atoms with Crippen molar-refractivity contribution in [1.29, 1.82) is 0 Å². The summed E-state index contributed by atoms with van der Waals surface area (Å²) >= 11 is 0. The second-order valence-electron chi connectivity index (χ2n) is 4.18. The van der Waals surface area contributed by atoms with E-state index in [1.54, 1.807) is 0 Å². The first-order valence-corrected chi connectivity index (χ1v) is 8.73. The lowest BCUT2D eigenvalue weighted by Gasteiger charge is -2.25. The van der Waals surface area contributed by atoms with E-state index < -0.39 is 9.05 Å². The van der Waals surface area contributed by atoms with Crippen molar-refractivity contribution in [2.75, 3.05) is 13.2 Å². The molecule has 0 N–H and O–H groups in total. The van der Waals surface area contributed by atoms with Crippen LogP contribution in [0, 0.1) is 0 Å². The molecule has 0 atom stereocenters. The molecule has 0 radical (unpaired) electrons. The van der Waals surface area contributed by atoms with Gasteiger partial charge in [0.1, 0.15) is 0 Å². The lowest BCUT2D eigenvalue weighted by Crippen LogP contribution is -2.47. The van der Waals surface area contributed by atoms with Gasteiger partial charge in [-0.05, 0) is 12.8 Å². The molecule has 0 fully saturated rings. The quantitative estimate of drug-likeness (QED) is 0.273. The van der Waals surface area contributed by atoms with Gasteiger partial charge in [-0.2, -0.15) is 0 Å². The fourth-order valence-electron chi connectivity index (χ4n) is 1.51. The Labute approximate surface area is 118 Å². The molecule has 0 heterocycles. The summed E-state index contributed by atoms with van der Waals surface area (Å²) in [4.78, 5) is 0. The Hall–Kier alpha value is -0.783. The third-order valence-corrected chi connectivity index (χ3v) is 4.53. The third kappa shape index (κ3) is 8.86. The van der Waals surface area contributed by atoms with E-state index in [0.29, 0.717) is 13.2 Å². The molecule has 0 aliphatic carbocycles. The summed E-state index contributed by atoms with van der Waals surface area (Å²) in [5.74, 6) is 0. The van der Waals surface area contributed by atoms with Gasteiger partial charge in [-0.25, -0.2) is 0 Å². The maximum atomic E-state index is 5.72. The van der Waals surface area contributed by atoms with Crippen LogP contribution in [0.3, 0.4) is 0 Å². The Morgan fingerprint density at radius 2 is 1.21 bits per heavy atom. The van der Waals surface area contributed by atoms with Crippen molar-refractivity contribution in [3.05, 3.63) is 25.7 Å². The molecule has 0 amide bonds. The molecule has 0 aliphatic heterocycles. The smallest absolute Gasteiger partial charge is 0.478 e. The molecule has 4 nitrogen and oxygen atoms in total. The van der Waals surface area contributed by atoms with E-state index in [9.17, 15) is 0 Å². The van der Waals surface area contributed by atoms with Crippen LogP contribution in [0.1, 0.15) is 52.4 Å². The third-order valence-electron chi connectivity index (χ3n) is 2.51. The molecule has 0 saturated carbocycles. The summed E-state index contributed by atoms with van der Waals surface area (Å²) in [5, 5.41) is 0. The highest BCUT2D eigenvalue weighted by atomic mass is 28.4. The minimum Gasteiger partial charge on any atom is -0.478 e. The van der Waals surface area contributed by atoms with Crippen LogP contribution in [-0.4, -0.2) is 22.3 Å². The Morgan fingerprint density at radius 1 is 0.789 bits per heavy atom. The molecule has 0 aromatic rings. The van der Waals surface area contributed by atoms with Crippen molar-refractivity contribution in [2.24, 2.45) is 0 Å². The van der Waals surface area contributed by atoms with E-state index in [4.69, 9.17) is 17.7 Å². The predicted octanol–water partition coefficient (Wildman–Crippen LogP) is 4.16. The van der Waals surface area contributed by atoms with Gasteiger partial charge < -0.3 is 17.7 Å². The van der Waals surface area contributed by atoms with Crippen LogP contribution < -0.4 is 0 Å². The van der Waals surface area contributed by atoms with Gasteiger partial charge in [-0.15, -0.1) is 0 Å². The minimum absolute atomic E-state index is 0.565. The fraction of sp³-hybridized carbons (Fsp3) is 0.714. The van der Waals surface area contributed by atoms with E-state index >= 15 is 0 Å². The lowest BCUT2D eigenvalue weighted by atomic mass is 10.3. The van der Waals surface area contributed by atoms with Crippen LogP contribution >= 0.6 is 0 Å². The number of unbranched alkanes of at least 4 members (excludes halogenated alkanes) is 4. The molecule has 19 heavy (non-hydrogen) atoms. The first-order chi connectivity index (χ1) is 9.24. The zero-order valence-corrected chi connectivity index (χ0v) is 13.4. The van der Waals surface area contributed by atoms with Crippen LogP contribution in [0.4, 0.5) is 0 Å². The maximum absolute atomic E-state index is 5.72. The highest BCUT2D eigenvalue weighted by Crippen LogP contribution is 2.15. The Balaban J connectivity index is 4.29. The van der Waals surface area contributed by atoms with Gasteiger partial charge in [-0.1, -0.05) is 52.7 Å². The van der Waals surface area contributed by atoms with Gasteiger partial charge in [0.15, 0.2) is 0 Å². The zero-order chi connectivity index (χ0) is 14.4. The molecule has 5 heteroatoms. The topological polar surface area (TPSA) is 36.9 Å². The Bertz CT molecular complexity index is 209. The summed E-state index contributed by atoms with van der Waals surface area (Å²) in [5.41, 5.74) is 0. The molecular formula is C14H28O4Si. The number of rotatable bonds is 14. The first-order valence-electron chi connectivity index (χ1n) is 7.10. The van der Waals surface area contributed by atoms with Crippen molar-refractivity contribution >= 4 is 9.05 Å². The van der Waals surface area contributed by atoms with Gasteiger partial charge >= 0.3 is 9.05 Å². The average Bonchev–Trinajstić information content (AvgIpc) is 2.41. The van der Waals surface area contributed by atoms with Crippen LogP contribution in [0.15, 0.2) is 25.7 Å². The number of hydrogen-bond acceptors (Lipinski definition) is 4. The highest BCUT2D eigenvalue weighted by molar-refractivity contribution is 6.53. The molecule has 0 aromatic carbocycles. The molecule has 0 aromatic heterocycles. The van der Waals surface area contributed by atoms with Crippen LogP contribution in [0.2, 0.25) is 0 Å². The zero-order valence-electron chi connectivity index (χ0n) is 12.4. The first kappa shape index (κ1) is 18.2. The molecule has 0 unspecified atom stereocenters. The fourth-order valence-corrected chi connectivity index (χ4v) is 3.12. The van der Waals surface area contributed by atoms with E-state index in [2.05, 4.69) is 27.0 Å². The molecule has 0 saturated heterocycles. The van der Waals surface area contributed by atoms with Crippen molar-refractivity contribution in [3.63, 3.8) is 0 Å². The van der Waals surface area contributed by atoms with Gasteiger partial charge in [0, 0.05) is 13.2 Å². The molecule has 0 rings (SSSR count). The molecule has 112 valence electrons. The number of hydrogen-bond donors (Lipinski definition) is 0. The summed E-state index contributed by atoms with van der Waals surface area (Å²) in [6.07, 6.45) is 9.06. The normalized spacial score (nSPS) is 11.1. The maximum Gasteiger partial charge on any atom is 0.819 e. The molecule has 0 bridgehead atoms. The van der Waals surface area contributed by atoms with Gasteiger partial charge in [0.05, 0.1) is 12.5 Å². The van der Waals surface area contributed by atoms with E-state index in [1.165, 1.54) is 12.5 Å². The standard InChI is InChI=1S/C14H28O4Si/c1-5-9-11-13-17-19(15-7-3,16-8-4)18-14-12-10-6-2/h7-8H,3-6,9-14H2,1-2H3. The van der Waals surface area contributed by atoms with Crippen molar-refractivity contribution in [3.8, 4) is 0 Å². The van der Waals surface area contributed by atoms with Gasteiger partial charge in [0.25, 0.3) is 0 Å². The Morgan fingerprint density at radius 3 is 1.53 bits per heavy atom. The summed E-state index contributed by atoms with van der Waals surface area (Å²) in [6.45, 7) is 12.5. The molecule has 0 spiro atoms. The summed E-state index contributed by atoms with van der Waals surface area (Å²) in [7, 11) is -3.13. The minimum atomic E-state index is -3.13. The second kappa shape index (κ2) is 12.3. The summed E-state index contributed by atoms with van der Waals surface area (Å²) in [6, 6.07) is 0. The van der Waals surface area contributed by atoms with E-state index in [-0.39, 0.29) is 0 Å². The monoisotopic (exact) mass is 288 g/mol. The van der Waals surface area contributed by atoms with Crippen molar-refractivity contribution in [2.45, 2.75) is 52.4 Å². The highest BCUT2D eigenvalue weighted by Gasteiger charge is 2.49. The van der Waals surface area contributed by atoms with Crippen molar-refractivity contribution < 1.29 is 17.7 Å². The molecular weight excluding hydrogens is 260 g/mol. The van der Waals surface area contributed by atoms with E-state index in [0.717, 1.165) is 38.5 Å². The van der Waals surface area contributed by atoms with Gasteiger partial charge in [0.2, 0.25) is 0 Å².